The molecular formula is C24H18F3N3O. The van der Waals surface area contributed by atoms with Gasteiger partial charge in [0.15, 0.2) is 5.76 Å². The summed E-state index contributed by atoms with van der Waals surface area (Å²) in [7, 11) is 0. The molecule has 2 aromatic heterocycles. The van der Waals surface area contributed by atoms with E-state index < -0.39 is 11.7 Å². The molecule has 0 unspecified atom stereocenters. The minimum absolute atomic E-state index is 0.297. The smallest absolute Gasteiger partial charge is 0.416 e. The summed E-state index contributed by atoms with van der Waals surface area (Å²) >= 11 is 0. The third-order valence-corrected chi connectivity index (χ3v) is 4.49. The Morgan fingerprint density at radius 2 is 1.77 bits per heavy atom. The number of nitrogens with zero attached hydrogens (tertiary/aromatic N) is 2. The fourth-order valence-corrected chi connectivity index (χ4v) is 2.99. The monoisotopic (exact) mass is 421 g/mol. The Morgan fingerprint density at radius 1 is 0.935 bits per heavy atom. The van der Waals surface area contributed by atoms with Gasteiger partial charge in [-0.15, -0.1) is 0 Å². The van der Waals surface area contributed by atoms with Gasteiger partial charge in [0.2, 0.25) is 5.89 Å². The molecule has 1 N–H and O–H groups in total. The van der Waals surface area contributed by atoms with Crippen LogP contribution >= 0.6 is 0 Å². The highest BCUT2D eigenvalue weighted by Gasteiger charge is 2.30. The minimum atomic E-state index is -4.38. The zero-order valence-corrected chi connectivity index (χ0v) is 16.5. The Kier molecular flexibility index (Phi) is 5.58. The highest BCUT2D eigenvalue weighted by molar-refractivity contribution is 5.69. The number of aryl methyl sites for hydroxylation is 1. The van der Waals surface area contributed by atoms with E-state index in [9.17, 15) is 13.2 Å². The van der Waals surface area contributed by atoms with Gasteiger partial charge in [-0.1, -0.05) is 24.3 Å². The van der Waals surface area contributed by atoms with E-state index in [0.717, 1.165) is 34.8 Å². The zero-order valence-electron chi connectivity index (χ0n) is 16.5. The molecule has 0 saturated heterocycles. The fourth-order valence-electron chi connectivity index (χ4n) is 2.99. The van der Waals surface area contributed by atoms with Gasteiger partial charge in [-0.3, -0.25) is 0 Å². The summed E-state index contributed by atoms with van der Waals surface area (Å²) in [6.45, 7) is 1.99. The van der Waals surface area contributed by atoms with Crippen LogP contribution in [0.25, 0.3) is 23.5 Å². The minimum Gasteiger partial charge on any atom is -0.437 e. The van der Waals surface area contributed by atoms with Crippen LogP contribution in [0.15, 0.2) is 77.5 Å². The number of halogens is 3. The molecule has 31 heavy (non-hydrogen) atoms. The van der Waals surface area contributed by atoms with Crippen molar-refractivity contribution in [2.45, 2.75) is 13.1 Å². The lowest BCUT2D eigenvalue weighted by atomic mass is 10.1. The first-order valence-corrected chi connectivity index (χ1v) is 9.48. The van der Waals surface area contributed by atoms with E-state index in [4.69, 9.17) is 4.42 Å². The number of nitrogens with one attached hydrogen (secondary N) is 1. The van der Waals surface area contributed by atoms with Crippen LogP contribution in [0.2, 0.25) is 0 Å². The first kappa shape index (κ1) is 20.4. The van der Waals surface area contributed by atoms with Crippen molar-refractivity contribution in [1.82, 2.24) is 9.97 Å². The molecule has 4 rings (SSSR count). The molecule has 0 radical (unpaired) electrons. The van der Waals surface area contributed by atoms with Gasteiger partial charge in [0, 0.05) is 23.5 Å². The summed E-state index contributed by atoms with van der Waals surface area (Å²) in [6.07, 6.45) is 2.01. The van der Waals surface area contributed by atoms with Gasteiger partial charge in [0.05, 0.1) is 11.8 Å². The second kappa shape index (κ2) is 8.47. The molecule has 0 bridgehead atoms. The number of benzene rings is 2. The molecular weight excluding hydrogens is 403 g/mol. The molecule has 0 spiro atoms. The van der Waals surface area contributed by atoms with Gasteiger partial charge >= 0.3 is 6.18 Å². The molecule has 0 fully saturated rings. The number of alkyl halides is 3. The lowest BCUT2D eigenvalue weighted by molar-refractivity contribution is -0.137. The topological polar surface area (TPSA) is 51.0 Å². The molecule has 0 saturated carbocycles. The highest BCUT2D eigenvalue weighted by Crippen LogP contribution is 2.30. The van der Waals surface area contributed by atoms with Crippen LogP contribution in [-0.4, -0.2) is 9.97 Å². The Labute approximate surface area is 177 Å². The van der Waals surface area contributed by atoms with Crippen molar-refractivity contribution < 1.29 is 17.6 Å². The lowest BCUT2D eigenvalue weighted by Gasteiger charge is -2.07. The largest absolute Gasteiger partial charge is 0.437 e. The molecule has 0 amide bonds. The Morgan fingerprint density at radius 3 is 2.58 bits per heavy atom. The Balaban J connectivity index is 1.51. The van der Waals surface area contributed by atoms with Crippen LogP contribution < -0.4 is 5.32 Å². The van der Waals surface area contributed by atoms with Crippen molar-refractivity contribution >= 4 is 23.7 Å². The van der Waals surface area contributed by atoms with Crippen molar-refractivity contribution in [3.63, 3.8) is 0 Å². The van der Waals surface area contributed by atoms with E-state index in [1.54, 1.807) is 18.5 Å². The summed E-state index contributed by atoms with van der Waals surface area (Å²) in [6, 6.07) is 16.5. The van der Waals surface area contributed by atoms with Crippen molar-refractivity contribution in [3.05, 3.63) is 95.6 Å². The number of aromatic nitrogens is 2. The quantitative estimate of drug-likeness (QED) is 0.378. The maximum absolute atomic E-state index is 12.8. The molecule has 0 aliphatic carbocycles. The predicted molar refractivity (Wildman–Crippen MR) is 115 cm³/mol. The molecule has 0 atom stereocenters. The van der Waals surface area contributed by atoms with Gasteiger partial charge < -0.3 is 9.73 Å². The van der Waals surface area contributed by atoms with Gasteiger partial charge in [-0.05, 0) is 60.5 Å². The van der Waals surface area contributed by atoms with Crippen LogP contribution in [0.1, 0.15) is 22.6 Å². The second-order valence-electron chi connectivity index (χ2n) is 6.94. The predicted octanol–water partition coefficient (Wildman–Crippen LogP) is 6.98. The van der Waals surface area contributed by atoms with Crippen LogP contribution in [0, 0.1) is 6.92 Å². The number of oxazole rings is 1. The number of hydrogen-bond acceptors (Lipinski definition) is 4. The van der Waals surface area contributed by atoms with E-state index in [0.29, 0.717) is 17.2 Å². The number of hydrogen-bond donors (Lipinski definition) is 1. The molecule has 0 aliphatic rings. The number of rotatable bonds is 5. The maximum atomic E-state index is 12.8. The first-order chi connectivity index (χ1) is 14.9. The second-order valence-corrected chi connectivity index (χ2v) is 6.94. The zero-order chi connectivity index (χ0) is 21.8. The molecule has 156 valence electrons. The lowest BCUT2D eigenvalue weighted by Crippen LogP contribution is -2.04. The Hall–Kier alpha value is -3.87. The third-order valence-electron chi connectivity index (χ3n) is 4.49. The van der Waals surface area contributed by atoms with E-state index in [-0.39, 0.29) is 0 Å². The van der Waals surface area contributed by atoms with Crippen molar-refractivity contribution in [2.24, 2.45) is 0 Å². The summed E-state index contributed by atoms with van der Waals surface area (Å²) in [5, 5.41) is 3.25. The number of anilines is 2. The van der Waals surface area contributed by atoms with Gasteiger partial charge in [0.1, 0.15) is 5.82 Å². The van der Waals surface area contributed by atoms with Gasteiger partial charge in [-0.2, -0.15) is 13.2 Å². The summed E-state index contributed by atoms with van der Waals surface area (Å²) < 4.78 is 44.3. The van der Waals surface area contributed by atoms with E-state index in [2.05, 4.69) is 15.3 Å². The van der Waals surface area contributed by atoms with Crippen molar-refractivity contribution in [3.8, 4) is 11.3 Å². The molecule has 4 nitrogen and oxygen atoms in total. The van der Waals surface area contributed by atoms with Crippen molar-refractivity contribution in [1.29, 1.82) is 0 Å². The standard InChI is InChI=1S/C24H18F3N3O/c1-16-10-11-28-22(12-16)30-20-7-3-5-18(14-20)21-15-29-23(31-21)9-8-17-4-2-6-19(13-17)24(25,26)27/h2-15H,1H3,(H,28,30). The fraction of sp³-hybridized carbons (Fsp3) is 0.0833. The SMILES string of the molecule is Cc1ccnc(Nc2cccc(-c3cnc(C=Cc4cccc(C(F)(F)F)c4)o3)c2)c1. The summed E-state index contributed by atoms with van der Waals surface area (Å²) in [4.78, 5) is 8.49. The van der Waals surface area contributed by atoms with Gasteiger partial charge in [0.25, 0.3) is 0 Å². The number of pyridine rings is 1. The molecule has 0 aliphatic heterocycles. The van der Waals surface area contributed by atoms with Crippen LogP contribution in [0.4, 0.5) is 24.7 Å². The Bertz CT molecular complexity index is 1230. The first-order valence-electron chi connectivity index (χ1n) is 9.48. The molecule has 2 heterocycles. The van der Waals surface area contributed by atoms with E-state index in [1.807, 2.05) is 43.3 Å². The van der Waals surface area contributed by atoms with Crippen molar-refractivity contribution in [2.75, 3.05) is 5.32 Å². The molecule has 4 aromatic rings. The van der Waals surface area contributed by atoms with E-state index >= 15 is 0 Å². The molecule has 7 heteroatoms. The highest BCUT2D eigenvalue weighted by atomic mass is 19.4. The average molecular weight is 421 g/mol. The summed E-state index contributed by atoms with van der Waals surface area (Å²) in [5.74, 6) is 1.58. The van der Waals surface area contributed by atoms with E-state index in [1.165, 1.54) is 18.2 Å². The van der Waals surface area contributed by atoms with Crippen LogP contribution in [0.5, 0.6) is 0 Å². The normalized spacial score (nSPS) is 11.7. The van der Waals surface area contributed by atoms with Gasteiger partial charge in [-0.25, -0.2) is 9.97 Å². The summed E-state index contributed by atoms with van der Waals surface area (Å²) in [5.41, 5.74) is 2.46. The maximum Gasteiger partial charge on any atom is 0.416 e. The molecule has 2 aromatic carbocycles. The third kappa shape index (κ3) is 5.19. The van der Waals surface area contributed by atoms with Crippen LogP contribution in [-0.2, 0) is 6.18 Å². The van der Waals surface area contributed by atoms with Crippen LogP contribution in [0.3, 0.4) is 0 Å². The average Bonchev–Trinajstić information content (AvgIpc) is 3.21.